The summed E-state index contributed by atoms with van der Waals surface area (Å²) in [6, 6.07) is 7.03. The highest BCUT2D eigenvalue weighted by atomic mass is 16.7. The maximum atomic E-state index is 11.9. The van der Waals surface area contributed by atoms with Gasteiger partial charge < -0.3 is 14.8 Å². The van der Waals surface area contributed by atoms with Crippen LogP contribution in [-0.2, 0) is 11.3 Å². The van der Waals surface area contributed by atoms with E-state index < -0.39 is 0 Å². The molecule has 1 aromatic carbocycles. The SMILES string of the molecule is N#Cc1ncn(CCC(=O)Nc2ccc3c(c2)OCO3)n1. The zero-order valence-electron chi connectivity index (χ0n) is 10.9. The summed E-state index contributed by atoms with van der Waals surface area (Å²) < 4.78 is 11.9. The number of anilines is 1. The number of hydrogen-bond acceptors (Lipinski definition) is 6. The van der Waals surface area contributed by atoms with E-state index in [0.717, 1.165) is 0 Å². The van der Waals surface area contributed by atoms with Crippen LogP contribution in [0.2, 0.25) is 0 Å². The number of hydrogen-bond donors (Lipinski definition) is 1. The fourth-order valence-corrected chi connectivity index (χ4v) is 1.87. The second-order valence-corrected chi connectivity index (χ2v) is 4.31. The van der Waals surface area contributed by atoms with Crippen molar-refractivity contribution in [3.8, 4) is 17.6 Å². The van der Waals surface area contributed by atoms with Crippen molar-refractivity contribution in [3.63, 3.8) is 0 Å². The van der Waals surface area contributed by atoms with Gasteiger partial charge in [0.1, 0.15) is 12.4 Å². The number of aromatic nitrogens is 3. The predicted octanol–water partition coefficient (Wildman–Crippen LogP) is 0.907. The van der Waals surface area contributed by atoms with E-state index in [0.29, 0.717) is 23.7 Å². The number of amides is 1. The molecule has 0 atom stereocenters. The molecule has 0 aliphatic carbocycles. The number of carbonyl (C=O) groups is 1. The highest BCUT2D eigenvalue weighted by Gasteiger charge is 2.14. The van der Waals surface area contributed by atoms with Crippen LogP contribution in [0.1, 0.15) is 12.2 Å². The van der Waals surface area contributed by atoms with Crippen molar-refractivity contribution in [2.45, 2.75) is 13.0 Å². The smallest absolute Gasteiger partial charge is 0.252 e. The number of fused-ring (bicyclic) bond motifs is 1. The number of nitrogens with zero attached hydrogens (tertiary/aromatic N) is 4. The van der Waals surface area contributed by atoms with Gasteiger partial charge in [0, 0.05) is 18.2 Å². The molecule has 1 N–H and O–H groups in total. The van der Waals surface area contributed by atoms with Gasteiger partial charge in [-0.05, 0) is 12.1 Å². The van der Waals surface area contributed by atoms with Gasteiger partial charge in [-0.15, -0.1) is 5.10 Å². The van der Waals surface area contributed by atoms with Crippen LogP contribution >= 0.6 is 0 Å². The fourth-order valence-electron chi connectivity index (χ4n) is 1.87. The molecule has 1 aromatic heterocycles. The van der Waals surface area contributed by atoms with E-state index in [4.69, 9.17) is 14.7 Å². The number of nitrogens with one attached hydrogen (secondary N) is 1. The summed E-state index contributed by atoms with van der Waals surface area (Å²) in [5, 5.41) is 15.3. The monoisotopic (exact) mass is 285 g/mol. The van der Waals surface area contributed by atoms with Crippen molar-refractivity contribution in [2.24, 2.45) is 0 Å². The van der Waals surface area contributed by atoms with Crippen LogP contribution < -0.4 is 14.8 Å². The minimum atomic E-state index is -0.164. The summed E-state index contributed by atoms with van der Waals surface area (Å²) in [6.45, 7) is 0.547. The molecule has 2 aromatic rings. The standard InChI is InChI=1S/C13H11N5O3/c14-6-12-15-7-18(17-12)4-3-13(19)16-9-1-2-10-11(5-9)21-8-20-10/h1-2,5,7H,3-4,8H2,(H,16,19). The third-order valence-electron chi connectivity index (χ3n) is 2.86. The summed E-state index contributed by atoms with van der Waals surface area (Å²) in [5.41, 5.74) is 0.639. The highest BCUT2D eigenvalue weighted by molar-refractivity contribution is 5.91. The Labute approximate surface area is 119 Å². The van der Waals surface area contributed by atoms with Crippen LogP contribution in [0.5, 0.6) is 11.5 Å². The maximum Gasteiger partial charge on any atom is 0.252 e. The van der Waals surface area contributed by atoms with Crippen molar-refractivity contribution < 1.29 is 14.3 Å². The molecule has 0 saturated heterocycles. The van der Waals surface area contributed by atoms with Crippen LogP contribution in [0.3, 0.4) is 0 Å². The summed E-state index contributed by atoms with van der Waals surface area (Å²) in [5.74, 6) is 1.21. The average Bonchev–Trinajstić information content (AvgIpc) is 3.13. The van der Waals surface area contributed by atoms with E-state index in [1.807, 2.05) is 6.07 Å². The van der Waals surface area contributed by atoms with Crippen LogP contribution in [0.4, 0.5) is 5.69 Å². The van der Waals surface area contributed by atoms with Crippen molar-refractivity contribution in [2.75, 3.05) is 12.1 Å². The lowest BCUT2D eigenvalue weighted by molar-refractivity contribution is -0.116. The summed E-state index contributed by atoms with van der Waals surface area (Å²) in [4.78, 5) is 15.6. The number of benzene rings is 1. The van der Waals surface area contributed by atoms with Gasteiger partial charge in [0.05, 0.1) is 6.54 Å². The molecule has 1 aliphatic rings. The minimum Gasteiger partial charge on any atom is -0.454 e. The number of ether oxygens (including phenoxy) is 2. The molecule has 2 heterocycles. The maximum absolute atomic E-state index is 11.9. The molecule has 0 spiro atoms. The Balaban J connectivity index is 1.55. The first-order chi connectivity index (χ1) is 10.2. The Morgan fingerprint density at radius 3 is 3.10 bits per heavy atom. The van der Waals surface area contributed by atoms with Crippen LogP contribution in [0.15, 0.2) is 24.5 Å². The van der Waals surface area contributed by atoms with E-state index in [1.165, 1.54) is 11.0 Å². The third-order valence-corrected chi connectivity index (χ3v) is 2.86. The quantitative estimate of drug-likeness (QED) is 0.895. The first kappa shape index (κ1) is 12.9. The fraction of sp³-hybridized carbons (Fsp3) is 0.231. The lowest BCUT2D eigenvalue weighted by Crippen LogP contribution is -2.14. The Hall–Kier alpha value is -3.08. The van der Waals surface area contributed by atoms with Gasteiger partial charge in [-0.1, -0.05) is 0 Å². The molecular formula is C13H11N5O3. The second-order valence-electron chi connectivity index (χ2n) is 4.31. The van der Waals surface area contributed by atoms with E-state index in [1.54, 1.807) is 18.2 Å². The molecule has 0 fully saturated rings. The molecule has 8 nitrogen and oxygen atoms in total. The largest absolute Gasteiger partial charge is 0.454 e. The van der Waals surface area contributed by atoms with Crippen molar-refractivity contribution in [3.05, 3.63) is 30.4 Å². The predicted molar refractivity (Wildman–Crippen MR) is 70.5 cm³/mol. The zero-order valence-corrected chi connectivity index (χ0v) is 10.9. The summed E-state index contributed by atoms with van der Waals surface area (Å²) in [6.07, 6.45) is 1.65. The van der Waals surface area contributed by atoms with Crippen molar-refractivity contribution in [1.82, 2.24) is 14.8 Å². The van der Waals surface area contributed by atoms with Crippen molar-refractivity contribution >= 4 is 11.6 Å². The lowest BCUT2D eigenvalue weighted by Gasteiger charge is -2.06. The number of carbonyl (C=O) groups excluding carboxylic acids is 1. The molecule has 8 heteroatoms. The summed E-state index contributed by atoms with van der Waals surface area (Å²) in [7, 11) is 0. The first-order valence-electron chi connectivity index (χ1n) is 6.23. The average molecular weight is 285 g/mol. The number of aryl methyl sites for hydroxylation is 1. The molecule has 0 saturated carbocycles. The van der Waals surface area contributed by atoms with Crippen LogP contribution in [0, 0.1) is 11.3 Å². The number of nitriles is 1. The molecule has 0 bridgehead atoms. The topological polar surface area (TPSA) is 102 Å². The van der Waals surface area contributed by atoms with E-state index in [9.17, 15) is 4.79 Å². The molecular weight excluding hydrogens is 274 g/mol. The minimum absolute atomic E-state index is 0.0891. The molecule has 0 radical (unpaired) electrons. The molecule has 3 rings (SSSR count). The Kier molecular flexibility index (Phi) is 3.39. The van der Waals surface area contributed by atoms with Gasteiger partial charge in [0.2, 0.25) is 12.7 Å². The molecule has 21 heavy (non-hydrogen) atoms. The van der Waals surface area contributed by atoms with Gasteiger partial charge >= 0.3 is 0 Å². The molecule has 106 valence electrons. The lowest BCUT2D eigenvalue weighted by atomic mass is 10.2. The molecule has 1 amide bonds. The number of rotatable bonds is 4. The molecule has 0 unspecified atom stereocenters. The third kappa shape index (κ3) is 2.92. The summed E-state index contributed by atoms with van der Waals surface area (Å²) >= 11 is 0. The van der Waals surface area contributed by atoms with Gasteiger partial charge in [0.15, 0.2) is 11.5 Å². The van der Waals surface area contributed by atoms with Crippen molar-refractivity contribution in [1.29, 1.82) is 5.26 Å². The Morgan fingerprint density at radius 2 is 2.29 bits per heavy atom. The molecule has 1 aliphatic heterocycles. The van der Waals surface area contributed by atoms with Crippen LogP contribution in [-0.4, -0.2) is 27.5 Å². The van der Waals surface area contributed by atoms with Gasteiger partial charge in [0.25, 0.3) is 5.82 Å². The highest BCUT2D eigenvalue weighted by Crippen LogP contribution is 2.34. The zero-order chi connectivity index (χ0) is 14.7. The van der Waals surface area contributed by atoms with Crippen LogP contribution in [0.25, 0.3) is 0 Å². The van der Waals surface area contributed by atoms with Gasteiger partial charge in [-0.2, -0.15) is 5.26 Å². The van der Waals surface area contributed by atoms with Gasteiger partial charge in [-0.3, -0.25) is 9.48 Å². The van der Waals surface area contributed by atoms with E-state index in [2.05, 4.69) is 15.4 Å². The van der Waals surface area contributed by atoms with E-state index >= 15 is 0 Å². The normalized spacial score (nSPS) is 12.0. The first-order valence-corrected chi connectivity index (χ1v) is 6.23. The Bertz CT molecular complexity index is 719. The second kappa shape index (κ2) is 5.50. The van der Waals surface area contributed by atoms with E-state index in [-0.39, 0.29) is 24.9 Å². The Morgan fingerprint density at radius 1 is 1.43 bits per heavy atom. The van der Waals surface area contributed by atoms with Gasteiger partial charge in [-0.25, -0.2) is 4.98 Å².